The Kier molecular flexibility index (Phi) is 8.07. The Bertz CT molecular complexity index is 143. The normalized spacial score (nSPS) is 16.0. The molecule has 0 aromatic heterocycles. The second kappa shape index (κ2) is 8.12. The van der Waals surface area contributed by atoms with Crippen LogP contribution in [0.25, 0.3) is 0 Å². The summed E-state index contributed by atoms with van der Waals surface area (Å²) in [6.07, 6.45) is 2.54. The van der Waals surface area contributed by atoms with E-state index in [2.05, 4.69) is 52.3 Å². The highest BCUT2D eigenvalue weighted by Crippen LogP contribution is 2.17. The van der Waals surface area contributed by atoms with Crippen molar-refractivity contribution in [1.82, 2.24) is 10.6 Å². The van der Waals surface area contributed by atoms with E-state index in [1.54, 1.807) is 0 Å². The fraction of sp³-hybridized carbons (Fsp3) is 1.00. The molecule has 0 saturated heterocycles. The highest BCUT2D eigenvalue weighted by atomic mass is 14.9. The molecular formula is C13H30N2. The summed E-state index contributed by atoms with van der Waals surface area (Å²) in [6, 6.07) is 1.28. The quantitative estimate of drug-likeness (QED) is 0.607. The molecule has 0 aliphatic rings. The van der Waals surface area contributed by atoms with E-state index in [-0.39, 0.29) is 0 Å². The van der Waals surface area contributed by atoms with Crippen LogP contribution in [-0.2, 0) is 0 Å². The Labute approximate surface area is 96.2 Å². The largest absolute Gasteiger partial charge is 0.317 e. The van der Waals surface area contributed by atoms with E-state index >= 15 is 0 Å². The van der Waals surface area contributed by atoms with Crippen molar-refractivity contribution in [2.24, 2.45) is 11.8 Å². The monoisotopic (exact) mass is 214 g/mol. The number of hydrogen-bond acceptors (Lipinski definition) is 2. The first-order chi connectivity index (χ1) is 6.99. The molecule has 0 aliphatic carbocycles. The van der Waals surface area contributed by atoms with Gasteiger partial charge in [-0.2, -0.15) is 0 Å². The standard InChI is InChI=1S/C13H30N2/c1-10(2)12(5)13(14-6)8-7-9-15-11(3)4/h10-15H,7-9H2,1-6H3. The van der Waals surface area contributed by atoms with Gasteiger partial charge in [0.1, 0.15) is 0 Å². The van der Waals surface area contributed by atoms with E-state index in [0.717, 1.165) is 18.4 Å². The van der Waals surface area contributed by atoms with Crippen LogP contribution in [0, 0.1) is 11.8 Å². The van der Waals surface area contributed by atoms with E-state index in [9.17, 15) is 0 Å². The Morgan fingerprint density at radius 1 is 1.00 bits per heavy atom. The Morgan fingerprint density at radius 2 is 1.60 bits per heavy atom. The molecule has 2 heteroatoms. The first kappa shape index (κ1) is 14.9. The number of rotatable bonds is 8. The maximum absolute atomic E-state index is 3.47. The first-order valence-corrected chi connectivity index (χ1v) is 6.39. The summed E-state index contributed by atoms with van der Waals surface area (Å²) in [5, 5.41) is 6.91. The molecule has 0 radical (unpaired) electrons. The van der Waals surface area contributed by atoms with E-state index < -0.39 is 0 Å². The van der Waals surface area contributed by atoms with Crippen LogP contribution in [0.1, 0.15) is 47.5 Å². The highest BCUT2D eigenvalue weighted by Gasteiger charge is 2.17. The zero-order valence-electron chi connectivity index (χ0n) is 11.4. The van der Waals surface area contributed by atoms with Gasteiger partial charge in [0.05, 0.1) is 0 Å². The van der Waals surface area contributed by atoms with Crippen LogP contribution in [0.3, 0.4) is 0 Å². The van der Waals surface area contributed by atoms with Crippen molar-refractivity contribution in [3.63, 3.8) is 0 Å². The molecule has 2 atom stereocenters. The molecule has 0 aliphatic heterocycles. The van der Waals surface area contributed by atoms with Crippen LogP contribution in [0.4, 0.5) is 0 Å². The van der Waals surface area contributed by atoms with Crippen molar-refractivity contribution in [3.8, 4) is 0 Å². The van der Waals surface area contributed by atoms with Crippen LogP contribution in [0.5, 0.6) is 0 Å². The Balaban J connectivity index is 3.70. The minimum Gasteiger partial charge on any atom is -0.317 e. The zero-order valence-corrected chi connectivity index (χ0v) is 11.4. The lowest BCUT2D eigenvalue weighted by Gasteiger charge is -2.26. The molecule has 0 saturated carbocycles. The minimum absolute atomic E-state index is 0.612. The number of nitrogens with one attached hydrogen (secondary N) is 2. The molecule has 0 aromatic carbocycles. The summed E-state index contributed by atoms with van der Waals surface area (Å²) in [6.45, 7) is 12.5. The van der Waals surface area contributed by atoms with Gasteiger partial charge in [-0.25, -0.2) is 0 Å². The van der Waals surface area contributed by atoms with Gasteiger partial charge in [0.2, 0.25) is 0 Å². The molecule has 2 nitrogen and oxygen atoms in total. The lowest BCUT2D eigenvalue weighted by atomic mass is 9.88. The van der Waals surface area contributed by atoms with Crippen molar-refractivity contribution in [1.29, 1.82) is 0 Å². The topological polar surface area (TPSA) is 24.1 Å². The van der Waals surface area contributed by atoms with Gasteiger partial charge < -0.3 is 10.6 Å². The van der Waals surface area contributed by atoms with Crippen molar-refractivity contribution >= 4 is 0 Å². The minimum atomic E-state index is 0.612. The molecule has 0 heterocycles. The van der Waals surface area contributed by atoms with Gasteiger partial charge in [0, 0.05) is 12.1 Å². The van der Waals surface area contributed by atoms with Gasteiger partial charge in [0.15, 0.2) is 0 Å². The fourth-order valence-electron chi connectivity index (χ4n) is 1.85. The molecule has 92 valence electrons. The van der Waals surface area contributed by atoms with E-state index in [1.807, 2.05) is 0 Å². The lowest BCUT2D eigenvalue weighted by molar-refractivity contribution is 0.292. The van der Waals surface area contributed by atoms with Crippen LogP contribution in [-0.4, -0.2) is 25.7 Å². The molecule has 0 amide bonds. The predicted molar refractivity (Wildman–Crippen MR) is 69.2 cm³/mol. The summed E-state index contributed by atoms with van der Waals surface area (Å²) >= 11 is 0. The number of hydrogen-bond donors (Lipinski definition) is 2. The molecule has 0 rings (SSSR count). The van der Waals surface area contributed by atoms with E-state index in [4.69, 9.17) is 0 Å². The van der Waals surface area contributed by atoms with Crippen molar-refractivity contribution in [2.45, 2.75) is 59.5 Å². The average Bonchev–Trinajstić information content (AvgIpc) is 2.16. The van der Waals surface area contributed by atoms with Gasteiger partial charge in [-0.05, 0) is 38.3 Å². The van der Waals surface area contributed by atoms with Crippen molar-refractivity contribution < 1.29 is 0 Å². The smallest absolute Gasteiger partial charge is 0.00926 e. The second-order valence-electron chi connectivity index (χ2n) is 5.25. The van der Waals surface area contributed by atoms with E-state index in [0.29, 0.717) is 12.1 Å². The highest BCUT2D eigenvalue weighted by molar-refractivity contribution is 4.74. The first-order valence-electron chi connectivity index (χ1n) is 6.39. The lowest BCUT2D eigenvalue weighted by Crippen LogP contribution is -2.35. The molecule has 0 aromatic rings. The maximum Gasteiger partial charge on any atom is 0.00926 e. The van der Waals surface area contributed by atoms with Crippen molar-refractivity contribution in [3.05, 3.63) is 0 Å². The van der Waals surface area contributed by atoms with Gasteiger partial charge in [-0.3, -0.25) is 0 Å². The molecule has 0 bridgehead atoms. The second-order valence-corrected chi connectivity index (χ2v) is 5.25. The Morgan fingerprint density at radius 3 is 2.00 bits per heavy atom. The third-order valence-corrected chi connectivity index (χ3v) is 3.30. The SMILES string of the molecule is CNC(CCCNC(C)C)C(C)C(C)C. The molecule has 0 fully saturated rings. The summed E-state index contributed by atoms with van der Waals surface area (Å²) in [4.78, 5) is 0. The maximum atomic E-state index is 3.47. The predicted octanol–water partition coefficient (Wildman–Crippen LogP) is 2.64. The summed E-state index contributed by atoms with van der Waals surface area (Å²) < 4.78 is 0. The van der Waals surface area contributed by atoms with Crippen LogP contribution < -0.4 is 10.6 Å². The third-order valence-electron chi connectivity index (χ3n) is 3.30. The van der Waals surface area contributed by atoms with Crippen LogP contribution in [0.2, 0.25) is 0 Å². The summed E-state index contributed by atoms with van der Waals surface area (Å²) in [7, 11) is 2.08. The molecule has 2 unspecified atom stereocenters. The van der Waals surface area contributed by atoms with Gasteiger partial charge in [0.25, 0.3) is 0 Å². The molecule has 15 heavy (non-hydrogen) atoms. The van der Waals surface area contributed by atoms with Gasteiger partial charge in [-0.1, -0.05) is 34.6 Å². The zero-order chi connectivity index (χ0) is 11.8. The van der Waals surface area contributed by atoms with Crippen LogP contribution in [0.15, 0.2) is 0 Å². The van der Waals surface area contributed by atoms with Gasteiger partial charge in [-0.15, -0.1) is 0 Å². The summed E-state index contributed by atoms with van der Waals surface area (Å²) in [5.41, 5.74) is 0. The molecule has 0 spiro atoms. The van der Waals surface area contributed by atoms with Crippen molar-refractivity contribution in [2.75, 3.05) is 13.6 Å². The van der Waals surface area contributed by atoms with E-state index in [1.165, 1.54) is 12.8 Å². The molecule has 2 N–H and O–H groups in total. The van der Waals surface area contributed by atoms with Crippen LogP contribution >= 0.6 is 0 Å². The summed E-state index contributed by atoms with van der Waals surface area (Å²) in [5.74, 6) is 1.52. The fourth-order valence-corrected chi connectivity index (χ4v) is 1.85. The average molecular weight is 214 g/mol. The van der Waals surface area contributed by atoms with Gasteiger partial charge >= 0.3 is 0 Å². The third kappa shape index (κ3) is 6.91. The Hall–Kier alpha value is -0.0800. The molecular weight excluding hydrogens is 184 g/mol.